The summed E-state index contributed by atoms with van der Waals surface area (Å²) in [5.74, 6) is 0. The Morgan fingerprint density at radius 3 is 1.79 bits per heavy atom. The fraction of sp³-hybridized carbons (Fsp3) is 0.455. The molecule has 0 saturated carbocycles. The van der Waals surface area contributed by atoms with E-state index in [1.165, 1.54) is 0 Å². The first-order chi connectivity index (χ1) is 6.81. The van der Waals surface area contributed by atoms with E-state index < -0.39 is 0 Å². The van der Waals surface area contributed by atoms with Crippen molar-refractivity contribution in [2.45, 2.75) is 31.4 Å². The maximum Gasteiger partial charge on any atom is 0.461 e. The van der Waals surface area contributed by atoms with Gasteiger partial charge in [0.05, 0.1) is 12.2 Å². The van der Waals surface area contributed by atoms with Crippen LogP contribution in [0.25, 0.3) is 0 Å². The van der Waals surface area contributed by atoms with Crippen LogP contribution in [0.2, 0.25) is 6.32 Å². The molecule has 0 aliphatic carbocycles. The number of allylic oxidation sites excluding steroid dienone is 1. The fourth-order valence-corrected chi connectivity index (χ4v) is 1.59. The summed E-state index contributed by atoms with van der Waals surface area (Å²) in [6.45, 7) is 11.1. The lowest BCUT2D eigenvalue weighted by Gasteiger charge is -2.14. The van der Waals surface area contributed by atoms with E-state index in [9.17, 15) is 0 Å². The summed E-state index contributed by atoms with van der Waals surface area (Å²) in [6, 6.07) is 0. The van der Waals surface area contributed by atoms with Crippen LogP contribution in [0, 0.1) is 0 Å². The zero-order valence-electron chi connectivity index (χ0n) is 8.52. The summed E-state index contributed by atoms with van der Waals surface area (Å²) in [5.41, 5.74) is 0. The van der Waals surface area contributed by atoms with Crippen LogP contribution in [-0.4, -0.2) is 19.3 Å². The summed E-state index contributed by atoms with van der Waals surface area (Å²) >= 11 is 0. The summed E-state index contributed by atoms with van der Waals surface area (Å²) in [5, 5.41) is 0. The average molecular weight is 192 g/mol. The molecule has 76 valence electrons. The first-order valence-electron chi connectivity index (χ1n) is 4.95. The Balaban J connectivity index is 2.49. The Kier molecular flexibility index (Phi) is 4.70. The molecule has 0 aromatic carbocycles. The van der Waals surface area contributed by atoms with Crippen molar-refractivity contribution >= 4 is 7.12 Å². The van der Waals surface area contributed by atoms with Gasteiger partial charge < -0.3 is 9.31 Å². The van der Waals surface area contributed by atoms with Gasteiger partial charge in [-0.2, -0.15) is 0 Å². The van der Waals surface area contributed by atoms with Gasteiger partial charge in [-0.05, 0) is 12.8 Å². The molecule has 1 aliphatic rings. The molecular weight excluding hydrogens is 175 g/mol. The molecule has 0 amide bonds. The predicted octanol–water partition coefficient (Wildman–Crippen LogP) is 2.60. The minimum Gasteiger partial charge on any atom is -0.405 e. The number of hydrogen-bond acceptors (Lipinski definition) is 2. The largest absolute Gasteiger partial charge is 0.461 e. The molecule has 1 fully saturated rings. The fourth-order valence-electron chi connectivity index (χ4n) is 1.59. The molecule has 2 atom stereocenters. The third kappa shape index (κ3) is 2.86. The summed E-state index contributed by atoms with van der Waals surface area (Å²) in [4.78, 5) is 0. The van der Waals surface area contributed by atoms with Gasteiger partial charge in [-0.1, -0.05) is 18.2 Å². The van der Waals surface area contributed by atoms with Gasteiger partial charge in [-0.15, -0.1) is 19.7 Å². The first-order valence-corrected chi connectivity index (χ1v) is 4.95. The van der Waals surface area contributed by atoms with Crippen molar-refractivity contribution in [1.82, 2.24) is 0 Å². The molecule has 0 radical (unpaired) electrons. The molecule has 3 heteroatoms. The molecule has 2 nitrogen and oxygen atoms in total. The van der Waals surface area contributed by atoms with Crippen LogP contribution in [0.3, 0.4) is 0 Å². The van der Waals surface area contributed by atoms with Crippen molar-refractivity contribution in [1.29, 1.82) is 0 Å². The number of hydrogen-bond donors (Lipinski definition) is 0. The summed E-state index contributed by atoms with van der Waals surface area (Å²) < 4.78 is 11.4. The smallest absolute Gasteiger partial charge is 0.405 e. The lowest BCUT2D eigenvalue weighted by atomic mass is 9.85. The maximum absolute atomic E-state index is 5.69. The van der Waals surface area contributed by atoms with Gasteiger partial charge in [0.1, 0.15) is 0 Å². The molecule has 0 N–H and O–H groups in total. The van der Waals surface area contributed by atoms with Gasteiger partial charge in [0.15, 0.2) is 0 Å². The molecule has 1 heterocycles. The Labute approximate surface area is 86.4 Å². The van der Waals surface area contributed by atoms with E-state index in [0.29, 0.717) is 0 Å². The zero-order chi connectivity index (χ0) is 10.4. The molecular formula is C11H17BO2. The summed E-state index contributed by atoms with van der Waals surface area (Å²) in [6.07, 6.45) is 8.16. The Hall–Kier alpha value is -0.795. The summed E-state index contributed by atoms with van der Waals surface area (Å²) in [7, 11) is -0.137. The van der Waals surface area contributed by atoms with Crippen LogP contribution in [0.1, 0.15) is 12.8 Å². The van der Waals surface area contributed by atoms with Crippen molar-refractivity contribution in [2.24, 2.45) is 0 Å². The van der Waals surface area contributed by atoms with E-state index in [4.69, 9.17) is 9.31 Å². The predicted molar refractivity (Wildman–Crippen MR) is 60.1 cm³/mol. The number of rotatable bonds is 6. The highest BCUT2D eigenvalue weighted by molar-refractivity contribution is 6.45. The van der Waals surface area contributed by atoms with Crippen LogP contribution in [-0.2, 0) is 9.31 Å². The van der Waals surface area contributed by atoms with Gasteiger partial charge in [0.2, 0.25) is 0 Å². The third-order valence-electron chi connectivity index (χ3n) is 2.22. The molecule has 0 spiro atoms. The molecule has 1 rings (SSSR count). The molecule has 0 aromatic heterocycles. The highest BCUT2D eigenvalue weighted by Crippen LogP contribution is 2.24. The molecule has 0 bridgehead atoms. The van der Waals surface area contributed by atoms with Gasteiger partial charge in [0, 0.05) is 6.32 Å². The van der Waals surface area contributed by atoms with E-state index in [1.54, 1.807) is 0 Å². The van der Waals surface area contributed by atoms with E-state index in [-0.39, 0.29) is 19.3 Å². The maximum atomic E-state index is 5.69. The van der Waals surface area contributed by atoms with Gasteiger partial charge in [-0.3, -0.25) is 0 Å². The van der Waals surface area contributed by atoms with E-state index in [0.717, 1.165) is 19.2 Å². The van der Waals surface area contributed by atoms with Crippen LogP contribution in [0.15, 0.2) is 38.0 Å². The topological polar surface area (TPSA) is 18.5 Å². The highest BCUT2D eigenvalue weighted by atomic mass is 16.7. The van der Waals surface area contributed by atoms with E-state index in [2.05, 4.69) is 19.7 Å². The second-order valence-electron chi connectivity index (χ2n) is 3.35. The van der Waals surface area contributed by atoms with E-state index >= 15 is 0 Å². The van der Waals surface area contributed by atoms with Crippen molar-refractivity contribution in [3.63, 3.8) is 0 Å². The molecule has 1 aliphatic heterocycles. The van der Waals surface area contributed by atoms with Gasteiger partial charge in [-0.25, -0.2) is 0 Å². The van der Waals surface area contributed by atoms with Crippen LogP contribution in [0.5, 0.6) is 0 Å². The highest BCUT2D eigenvalue weighted by Gasteiger charge is 2.36. The monoisotopic (exact) mass is 192 g/mol. The molecule has 0 aromatic rings. The Morgan fingerprint density at radius 1 is 0.929 bits per heavy atom. The molecule has 2 unspecified atom stereocenters. The van der Waals surface area contributed by atoms with Crippen molar-refractivity contribution in [3.8, 4) is 0 Å². The zero-order valence-corrected chi connectivity index (χ0v) is 8.52. The second-order valence-corrected chi connectivity index (χ2v) is 3.35. The van der Waals surface area contributed by atoms with Gasteiger partial charge >= 0.3 is 7.12 Å². The third-order valence-corrected chi connectivity index (χ3v) is 2.22. The van der Waals surface area contributed by atoms with Crippen LogP contribution < -0.4 is 0 Å². The second kappa shape index (κ2) is 5.84. The Morgan fingerprint density at radius 2 is 1.43 bits per heavy atom. The molecule has 1 saturated heterocycles. The van der Waals surface area contributed by atoms with Crippen molar-refractivity contribution < 1.29 is 9.31 Å². The van der Waals surface area contributed by atoms with Crippen molar-refractivity contribution in [2.75, 3.05) is 0 Å². The Bertz CT molecular complexity index is 197. The minimum absolute atomic E-state index is 0.121. The first kappa shape index (κ1) is 11.3. The van der Waals surface area contributed by atoms with Gasteiger partial charge in [0.25, 0.3) is 0 Å². The standard InChI is InChI=1S/C11H17BO2/c1-4-7-10-11(8-5-2)14-12(13-10)9-6-3/h4-6,10-11H,1-3,7-9H2. The van der Waals surface area contributed by atoms with Crippen molar-refractivity contribution in [3.05, 3.63) is 38.0 Å². The molecule has 14 heavy (non-hydrogen) atoms. The minimum atomic E-state index is -0.137. The lowest BCUT2D eigenvalue weighted by molar-refractivity contribution is 0.160. The lowest BCUT2D eigenvalue weighted by Crippen LogP contribution is -2.20. The van der Waals surface area contributed by atoms with Crippen LogP contribution in [0.4, 0.5) is 0 Å². The van der Waals surface area contributed by atoms with E-state index in [1.807, 2.05) is 18.2 Å². The normalized spacial score (nSPS) is 26.1. The average Bonchev–Trinajstić information content (AvgIpc) is 2.50. The SMILES string of the molecule is C=CCB1OC(CC=C)C(CC=C)O1. The van der Waals surface area contributed by atoms with Crippen LogP contribution >= 0.6 is 0 Å². The quantitative estimate of drug-likeness (QED) is 0.475.